The minimum atomic E-state index is 0.0384. The Kier molecular flexibility index (Phi) is 7.83. The maximum atomic E-state index is 12.6. The topological polar surface area (TPSA) is 126 Å². The smallest absolute Gasteiger partial charge is 0.227 e. The normalized spacial score (nSPS) is 16.3. The zero-order chi connectivity index (χ0) is 29.1. The third-order valence-electron chi connectivity index (χ3n) is 7.77. The second-order valence-corrected chi connectivity index (χ2v) is 10.6. The average Bonchev–Trinajstić information content (AvgIpc) is 3.82. The highest BCUT2D eigenvalue weighted by Crippen LogP contribution is 2.35. The Bertz CT molecular complexity index is 1610. The second-order valence-electron chi connectivity index (χ2n) is 10.6. The Labute approximate surface area is 244 Å². The highest BCUT2D eigenvalue weighted by Gasteiger charge is 2.30. The number of hydrogen-bond donors (Lipinski definition) is 2. The maximum Gasteiger partial charge on any atom is 0.227 e. The fourth-order valence-corrected chi connectivity index (χ4v) is 5.27. The molecule has 1 saturated carbocycles. The third-order valence-corrected chi connectivity index (χ3v) is 7.77. The number of piperazine rings is 1. The number of rotatable bonds is 9. The Hall–Kier alpha value is -4.77. The van der Waals surface area contributed by atoms with Gasteiger partial charge in [-0.05, 0) is 36.6 Å². The fraction of sp³-hybridized carbons (Fsp3) is 0.323. The van der Waals surface area contributed by atoms with Gasteiger partial charge in [-0.3, -0.25) is 14.7 Å². The van der Waals surface area contributed by atoms with Crippen molar-refractivity contribution >= 4 is 34.7 Å². The van der Waals surface area contributed by atoms with Gasteiger partial charge in [0.15, 0.2) is 0 Å². The molecule has 216 valence electrons. The number of hydrogen-bond acceptors (Lipinski definition) is 9. The van der Waals surface area contributed by atoms with Crippen LogP contribution in [0.5, 0.6) is 5.88 Å². The lowest BCUT2D eigenvalue weighted by Crippen LogP contribution is -2.46. The van der Waals surface area contributed by atoms with E-state index >= 15 is 0 Å². The van der Waals surface area contributed by atoms with E-state index in [9.17, 15) is 4.79 Å². The van der Waals surface area contributed by atoms with Crippen molar-refractivity contribution in [2.24, 2.45) is 16.6 Å². The van der Waals surface area contributed by atoms with Crippen molar-refractivity contribution in [3.05, 3.63) is 72.4 Å². The van der Waals surface area contributed by atoms with Crippen molar-refractivity contribution in [2.45, 2.75) is 19.4 Å². The van der Waals surface area contributed by atoms with E-state index in [1.54, 1.807) is 31.1 Å². The molecule has 0 bridgehead atoms. The SMILES string of the molecule is CN=CC(=CN)c1cc(-c2ccc(N3CCN(Cc4ccc(OC)nc4)CC3)nc2)c2c(NC(=O)C3CC3)cnn2c1. The molecule has 2 aliphatic rings. The molecule has 6 rings (SSSR count). The molecular formula is C31H35N9O2. The van der Waals surface area contributed by atoms with Crippen LogP contribution in [0, 0.1) is 5.92 Å². The van der Waals surface area contributed by atoms with Gasteiger partial charge in [0, 0.05) is 105 Å². The summed E-state index contributed by atoms with van der Waals surface area (Å²) in [5, 5.41) is 7.64. The first-order valence-electron chi connectivity index (χ1n) is 14.2. The molecule has 11 nitrogen and oxygen atoms in total. The molecule has 1 amide bonds. The van der Waals surface area contributed by atoms with E-state index < -0.39 is 0 Å². The highest BCUT2D eigenvalue weighted by atomic mass is 16.5. The second kappa shape index (κ2) is 12.0. The number of fused-ring (bicyclic) bond motifs is 1. The Morgan fingerprint density at radius 1 is 1.12 bits per heavy atom. The van der Waals surface area contributed by atoms with Crippen molar-refractivity contribution in [3.63, 3.8) is 0 Å². The van der Waals surface area contributed by atoms with Crippen molar-refractivity contribution in [1.82, 2.24) is 24.5 Å². The number of carbonyl (C=O) groups is 1. The zero-order valence-corrected chi connectivity index (χ0v) is 23.9. The number of pyridine rings is 3. The molecule has 4 aromatic heterocycles. The van der Waals surface area contributed by atoms with Crippen molar-refractivity contribution in [3.8, 4) is 17.0 Å². The van der Waals surface area contributed by atoms with E-state index in [0.29, 0.717) is 11.6 Å². The Morgan fingerprint density at radius 3 is 2.60 bits per heavy atom. The number of ether oxygens (including phenoxy) is 1. The predicted molar refractivity (Wildman–Crippen MR) is 165 cm³/mol. The minimum Gasteiger partial charge on any atom is -0.481 e. The van der Waals surface area contributed by atoms with Gasteiger partial charge in [0.1, 0.15) is 5.82 Å². The highest BCUT2D eigenvalue weighted by molar-refractivity contribution is 6.10. The van der Waals surface area contributed by atoms with E-state index in [4.69, 9.17) is 15.5 Å². The lowest BCUT2D eigenvalue weighted by atomic mass is 10.0. The summed E-state index contributed by atoms with van der Waals surface area (Å²) in [7, 11) is 3.34. The molecule has 11 heteroatoms. The molecule has 1 aliphatic carbocycles. The Morgan fingerprint density at radius 2 is 1.95 bits per heavy atom. The summed E-state index contributed by atoms with van der Waals surface area (Å²) in [5.74, 6) is 1.69. The molecule has 4 aromatic rings. The van der Waals surface area contributed by atoms with Crippen LogP contribution in [-0.2, 0) is 11.3 Å². The van der Waals surface area contributed by atoms with Gasteiger partial charge in [-0.25, -0.2) is 14.5 Å². The number of aromatic nitrogens is 4. The molecule has 0 radical (unpaired) electrons. The van der Waals surface area contributed by atoms with Crippen LogP contribution in [-0.4, -0.2) is 76.9 Å². The van der Waals surface area contributed by atoms with Crippen LogP contribution in [0.2, 0.25) is 0 Å². The van der Waals surface area contributed by atoms with Gasteiger partial charge < -0.3 is 20.7 Å². The van der Waals surface area contributed by atoms with Gasteiger partial charge in [0.25, 0.3) is 0 Å². The van der Waals surface area contributed by atoms with Gasteiger partial charge in [-0.2, -0.15) is 5.10 Å². The number of amides is 1. The molecule has 2 fully saturated rings. The van der Waals surface area contributed by atoms with Gasteiger partial charge in [0.05, 0.1) is 24.5 Å². The summed E-state index contributed by atoms with van der Waals surface area (Å²) >= 11 is 0. The largest absolute Gasteiger partial charge is 0.481 e. The standard InChI is InChI=1S/C31H35N9O2/c1-33-16-25(14-32)24-13-26(30-27(18-36-40(30)20-24)37-31(41)22-4-5-22)23-6-7-28(34-17-23)39-11-9-38(10-12-39)19-21-3-8-29(42-2)35-15-21/h3,6-8,13-18,20,22H,4-5,9-12,19,32H2,1-2H3,(H,37,41). The lowest BCUT2D eigenvalue weighted by molar-refractivity contribution is -0.117. The minimum absolute atomic E-state index is 0.0384. The average molecular weight is 566 g/mol. The first-order valence-corrected chi connectivity index (χ1v) is 14.2. The molecule has 3 N–H and O–H groups in total. The van der Waals surface area contributed by atoms with E-state index in [1.165, 1.54) is 11.8 Å². The fourth-order valence-electron chi connectivity index (χ4n) is 5.27. The number of nitrogens with zero attached hydrogens (tertiary/aromatic N) is 7. The summed E-state index contributed by atoms with van der Waals surface area (Å²) in [5.41, 5.74) is 12.1. The van der Waals surface area contributed by atoms with Crippen LogP contribution in [0.4, 0.5) is 11.5 Å². The van der Waals surface area contributed by atoms with Crippen LogP contribution in [0.15, 0.2) is 66.3 Å². The summed E-state index contributed by atoms with van der Waals surface area (Å²) in [4.78, 5) is 30.7. The summed E-state index contributed by atoms with van der Waals surface area (Å²) < 4.78 is 6.95. The number of carbonyl (C=O) groups excluding carboxylic acids is 1. The van der Waals surface area contributed by atoms with Crippen LogP contribution in [0.25, 0.3) is 22.2 Å². The van der Waals surface area contributed by atoms with Crippen molar-refractivity contribution in [2.75, 3.05) is 50.6 Å². The molecule has 5 heterocycles. The molecule has 0 unspecified atom stereocenters. The number of anilines is 2. The molecule has 1 saturated heterocycles. The number of nitrogens with one attached hydrogen (secondary N) is 1. The summed E-state index contributed by atoms with van der Waals surface area (Å²) in [6.45, 7) is 4.50. The van der Waals surface area contributed by atoms with Gasteiger partial charge >= 0.3 is 0 Å². The monoisotopic (exact) mass is 565 g/mol. The van der Waals surface area contributed by atoms with E-state index in [0.717, 1.165) is 79.2 Å². The van der Waals surface area contributed by atoms with Crippen molar-refractivity contribution < 1.29 is 9.53 Å². The molecule has 0 spiro atoms. The van der Waals surface area contributed by atoms with Crippen LogP contribution < -0.4 is 20.7 Å². The number of allylic oxidation sites excluding steroid dienone is 1. The number of aliphatic imine (C=N–C) groups is 1. The first-order chi connectivity index (χ1) is 20.6. The Balaban J connectivity index is 1.23. The molecule has 0 aromatic carbocycles. The zero-order valence-electron chi connectivity index (χ0n) is 23.9. The lowest BCUT2D eigenvalue weighted by Gasteiger charge is -2.35. The predicted octanol–water partition coefficient (Wildman–Crippen LogP) is 3.47. The summed E-state index contributed by atoms with van der Waals surface area (Å²) in [6.07, 6.45) is 12.5. The van der Waals surface area contributed by atoms with Crippen LogP contribution in [0.1, 0.15) is 24.0 Å². The van der Waals surface area contributed by atoms with Crippen molar-refractivity contribution in [1.29, 1.82) is 0 Å². The van der Waals surface area contributed by atoms with E-state index in [-0.39, 0.29) is 11.8 Å². The molecular weight excluding hydrogens is 530 g/mol. The molecule has 0 atom stereocenters. The van der Waals surface area contributed by atoms with Crippen LogP contribution in [0.3, 0.4) is 0 Å². The van der Waals surface area contributed by atoms with E-state index in [2.05, 4.69) is 48.4 Å². The number of methoxy groups -OCH3 is 1. The number of nitrogens with two attached hydrogens (primary N) is 1. The quantitative estimate of drug-likeness (QED) is 0.296. The maximum absolute atomic E-state index is 12.6. The van der Waals surface area contributed by atoms with Gasteiger partial charge in [-0.15, -0.1) is 0 Å². The van der Waals surface area contributed by atoms with Gasteiger partial charge in [-0.1, -0.05) is 6.07 Å². The third kappa shape index (κ3) is 5.82. The summed E-state index contributed by atoms with van der Waals surface area (Å²) in [6, 6.07) is 10.2. The van der Waals surface area contributed by atoms with Crippen LogP contribution >= 0.6 is 0 Å². The van der Waals surface area contributed by atoms with E-state index in [1.807, 2.05) is 30.7 Å². The van der Waals surface area contributed by atoms with Gasteiger partial charge in [0.2, 0.25) is 11.8 Å². The molecule has 42 heavy (non-hydrogen) atoms. The first kappa shape index (κ1) is 27.4. The molecule has 1 aliphatic heterocycles.